The molecule has 0 unspecified atom stereocenters. The molecule has 4 aromatic heterocycles. The Morgan fingerprint density at radius 2 is 0.891 bits per heavy atom. The van der Waals surface area contributed by atoms with Gasteiger partial charge in [0.15, 0.2) is 0 Å². The molecule has 0 fully saturated rings. The van der Waals surface area contributed by atoms with E-state index in [1.807, 2.05) is 25.6 Å². The summed E-state index contributed by atoms with van der Waals surface area (Å²) in [5.74, 6) is 0. The molecule has 0 amide bonds. The van der Waals surface area contributed by atoms with Crippen molar-refractivity contribution in [2.24, 2.45) is 0 Å². The van der Waals surface area contributed by atoms with Crippen molar-refractivity contribution < 1.29 is 0 Å². The normalized spacial score (nSPS) is 12.0. The summed E-state index contributed by atoms with van der Waals surface area (Å²) in [5, 5.41) is 0. The van der Waals surface area contributed by atoms with Gasteiger partial charge in [0.2, 0.25) is 0 Å². The number of hydrogen-bond donors (Lipinski definition) is 0. The Hall–Kier alpha value is -0.401. The van der Waals surface area contributed by atoms with Crippen LogP contribution in [-0.4, -0.2) is 18.4 Å². The van der Waals surface area contributed by atoms with Crippen LogP contribution in [0.25, 0.3) is 29.3 Å². The summed E-state index contributed by atoms with van der Waals surface area (Å²) in [5.41, 5.74) is 3.26. The van der Waals surface area contributed by atoms with Gasteiger partial charge in [0, 0.05) is 0 Å². The molecular formula is C41H62S4Sn. The van der Waals surface area contributed by atoms with E-state index < -0.39 is 18.4 Å². The monoisotopic (exact) mass is 802 g/mol. The van der Waals surface area contributed by atoms with Crippen LogP contribution in [0.2, 0.25) is 13.3 Å². The Bertz CT molecular complexity index is 1390. The van der Waals surface area contributed by atoms with Crippen molar-refractivity contribution in [3.05, 3.63) is 52.4 Å². The Morgan fingerprint density at radius 1 is 0.457 bits per heavy atom. The SMILES string of the molecule is CCCCCCc1cc(C)sc1-c1ccc(-c2ccc(-c3s[c]([Sn]([CH2]CCC)([CH2]CCC)[CH2]CCC)cc3CCCCCC)s2)s1. The molecule has 0 saturated heterocycles. The first-order valence-electron chi connectivity index (χ1n) is 18.9. The molecule has 4 aromatic rings. The van der Waals surface area contributed by atoms with Crippen molar-refractivity contribution in [2.45, 2.75) is 158 Å². The van der Waals surface area contributed by atoms with Gasteiger partial charge in [-0.05, 0) is 13.3 Å². The van der Waals surface area contributed by atoms with E-state index in [9.17, 15) is 0 Å². The second kappa shape index (κ2) is 20.3. The van der Waals surface area contributed by atoms with Crippen molar-refractivity contribution >= 4 is 66.6 Å². The van der Waals surface area contributed by atoms with Gasteiger partial charge >= 0.3 is 266 Å². The van der Waals surface area contributed by atoms with Crippen LogP contribution in [0.4, 0.5) is 0 Å². The Labute approximate surface area is 303 Å². The maximum atomic E-state index is 2.80. The van der Waals surface area contributed by atoms with Crippen LogP contribution >= 0.6 is 45.3 Å². The van der Waals surface area contributed by atoms with Crippen molar-refractivity contribution in [1.82, 2.24) is 0 Å². The first kappa shape index (κ1) is 38.4. The Kier molecular flexibility index (Phi) is 17.0. The van der Waals surface area contributed by atoms with Gasteiger partial charge in [-0.2, -0.15) is 0 Å². The number of aryl methyl sites for hydroxylation is 3. The zero-order valence-corrected chi connectivity index (χ0v) is 36.2. The quantitative estimate of drug-likeness (QED) is 0.0518. The number of unbranched alkanes of at least 4 members (excludes halogenated alkanes) is 9. The fourth-order valence-corrected chi connectivity index (χ4v) is 30.9. The van der Waals surface area contributed by atoms with E-state index in [0.717, 1.165) is 0 Å². The third kappa shape index (κ3) is 10.5. The molecule has 0 bridgehead atoms. The van der Waals surface area contributed by atoms with Gasteiger partial charge < -0.3 is 0 Å². The Balaban J connectivity index is 1.65. The first-order valence-corrected chi connectivity index (χ1v) is 29.7. The standard InChI is InChI=1S/C29H35S4.3C4H9.Sn/c1-4-6-8-10-12-22-18-19-30-28(22)26-16-14-24(32-26)25-15-17-27(33-25)29-23(20-21(3)31-29)13-11-9-7-5-2;3*1-3-4-2;/h14-18,20H,4-13H2,1-3H3;3*1,3-4H2,2H3;. The molecule has 4 heterocycles. The summed E-state index contributed by atoms with van der Waals surface area (Å²) in [4.78, 5) is 10.5. The van der Waals surface area contributed by atoms with Crippen molar-refractivity contribution in [3.63, 3.8) is 0 Å². The van der Waals surface area contributed by atoms with Crippen molar-refractivity contribution in [2.75, 3.05) is 0 Å². The van der Waals surface area contributed by atoms with Gasteiger partial charge in [0.25, 0.3) is 0 Å². The van der Waals surface area contributed by atoms with Crippen LogP contribution in [0.15, 0.2) is 36.4 Å². The molecule has 0 aromatic carbocycles. The zero-order chi connectivity index (χ0) is 32.8. The summed E-state index contributed by atoms with van der Waals surface area (Å²) in [6, 6.07) is 15.0. The fraction of sp³-hybridized carbons (Fsp3) is 0.610. The molecule has 0 aliphatic rings. The molecule has 0 nitrogen and oxygen atoms in total. The minimum atomic E-state index is -2.48. The van der Waals surface area contributed by atoms with E-state index in [1.54, 1.807) is 29.3 Å². The second-order valence-electron chi connectivity index (χ2n) is 13.7. The second-order valence-corrected chi connectivity index (χ2v) is 32.4. The van der Waals surface area contributed by atoms with Gasteiger partial charge in [-0.25, -0.2) is 0 Å². The maximum absolute atomic E-state index is 2.80. The van der Waals surface area contributed by atoms with Crippen LogP contribution in [-0.2, 0) is 12.8 Å². The predicted molar refractivity (Wildman–Crippen MR) is 219 cm³/mol. The summed E-state index contributed by atoms with van der Waals surface area (Å²) < 4.78 is 6.61. The molecule has 5 heteroatoms. The van der Waals surface area contributed by atoms with Crippen LogP contribution in [0.5, 0.6) is 0 Å². The zero-order valence-electron chi connectivity index (χ0n) is 30.0. The summed E-state index contributed by atoms with van der Waals surface area (Å²) >= 11 is 5.86. The van der Waals surface area contributed by atoms with E-state index in [-0.39, 0.29) is 0 Å². The van der Waals surface area contributed by atoms with E-state index in [4.69, 9.17) is 0 Å². The molecule has 0 aliphatic carbocycles. The van der Waals surface area contributed by atoms with E-state index in [0.29, 0.717) is 0 Å². The van der Waals surface area contributed by atoms with Crippen LogP contribution < -0.4 is 2.89 Å². The minimum absolute atomic E-state index is 1.22. The van der Waals surface area contributed by atoms with E-state index >= 15 is 0 Å². The van der Waals surface area contributed by atoms with Crippen molar-refractivity contribution in [1.29, 1.82) is 0 Å². The molecule has 0 saturated carbocycles. The number of thiophene rings is 4. The average molecular weight is 802 g/mol. The van der Waals surface area contributed by atoms with Gasteiger partial charge in [0.1, 0.15) is 0 Å². The molecule has 0 radical (unpaired) electrons. The summed E-state index contributed by atoms with van der Waals surface area (Å²) in [7, 11) is 0. The van der Waals surface area contributed by atoms with Gasteiger partial charge in [-0.3, -0.25) is 0 Å². The number of hydrogen-bond acceptors (Lipinski definition) is 4. The fourth-order valence-electron chi connectivity index (χ4n) is 7.00. The average Bonchev–Trinajstić information content (AvgIpc) is 3.87. The van der Waals surface area contributed by atoms with Gasteiger partial charge in [-0.1, -0.05) is 26.2 Å². The van der Waals surface area contributed by atoms with Crippen LogP contribution in [0.3, 0.4) is 0 Å². The third-order valence-electron chi connectivity index (χ3n) is 9.79. The van der Waals surface area contributed by atoms with Gasteiger partial charge in [-0.15, -0.1) is 0 Å². The molecule has 46 heavy (non-hydrogen) atoms. The van der Waals surface area contributed by atoms with Gasteiger partial charge in [0.05, 0.1) is 0 Å². The van der Waals surface area contributed by atoms with E-state index in [2.05, 4.69) is 101 Å². The van der Waals surface area contributed by atoms with E-state index in [1.165, 1.54) is 132 Å². The molecule has 0 N–H and O–H groups in total. The number of rotatable bonds is 23. The third-order valence-corrected chi connectivity index (χ3v) is 33.0. The predicted octanol–water partition coefficient (Wildman–Crippen LogP) is 15.5. The molecule has 0 atom stereocenters. The van der Waals surface area contributed by atoms with Crippen LogP contribution in [0.1, 0.15) is 141 Å². The molecule has 0 aliphatic heterocycles. The van der Waals surface area contributed by atoms with Crippen molar-refractivity contribution in [3.8, 4) is 29.3 Å². The topological polar surface area (TPSA) is 0 Å². The molecular weight excluding hydrogens is 739 g/mol. The Morgan fingerprint density at radius 3 is 1.37 bits per heavy atom. The molecule has 254 valence electrons. The van der Waals surface area contributed by atoms with Crippen LogP contribution in [0, 0.1) is 6.92 Å². The summed E-state index contributed by atoms with van der Waals surface area (Å²) in [6.45, 7) is 14.2. The molecule has 4 rings (SSSR count). The first-order chi connectivity index (χ1) is 22.5. The molecule has 0 spiro atoms. The summed E-state index contributed by atoms with van der Waals surface area (Å²) in [6.07, 6.45) is 21.6.